The quantitative estimate of drug-likeness (QED) is 0.644. The van der Waals surface area contributed by atoms with Gasteiger partial charge in [-0.3, -0.25) is 19.3 Å². The van der Waals surface area contributed by atoms with Crippen LogP contribution in [0.4, 0.5) is 0 Å². The molecule has 0 spiro atoms. The van der Waals surface area contributed by atoms with Crippen molar-refractivity contribution in [3.8, 4) is 5.75 Å². The van der Waals surface area contributed by atoms with Gasteiger partial charge in [-0.2, -0.15) is 5.10 Å². The Hall–Kier alpha value is -2.38. The van der Waals surface area contributed by atoms with E-state index in [2.05, 4.69) is 53.9 Å². The van der Waals surface area contributed by atoms with Crippen LogP contribution in [0.15, 0.2) is 24.4 Å². The molecular formula is C26H39N5O2. The SMILES string of the molecule is CCN(CC)C(=O)[C@@H]1CCCN(Cc2ccc3c(c2)CN(Cc2cnn(C)c2C)CCO3)C1. The standard InChI is InChI=1S/C26H39N5O2/c1-5-31(6-2)26(32)22-8-7-11-29(17-22)16-21-9-10-25-23(14-21)18-30(12-13-33-25)19-24-15-27-28(4)20(24)3/h9-10,14-15,22H,5-8,11-13,16-19H2,1-4H3/t22-/m1/s1. The second-order valence-corrected chi connectivity index (χ2v) is 9.46. The summed E-state index contributed by atoms with van der Waals surface area (Å²) in [5, 5.41) is 4.39. The number of hydrogen-bond donors (Lipinski definition) is 0. The third kappa shape index (κ3) is 5.58. The van der Waals surface area contributed by atoms with Crippen molar-refractivity contribution in [2.75, 3.05) is 39.3 Å². The van der Waals surface area contributed by atoms with Crippen LogP contribution in [0.5, 0.6) is 5.75 Å². The fourth-order valence-electron chi connectivity index (χ4n) is 5.13. The third-order valence-electron chi connectivity index (χ3n) is 7.25. The number of aryl methyl sites for hydroxylation is 1. The number of carbonyl (C=O) groups is 1. The molecule has 2 aromatic rings. The van der Waals surface area contributed by atoms with Crippen LogP contribution in [0.1, 0.15) is 49.1 Å². The number of carbonyl (C=O) groups excluding carboxylic acids is 1. The Kier molecular flexibility index (Phi) is 7.71. The van der Waals surface area contributed by atoms with Crippen molar-refractivity contribution in [3.05, 3.63) is 46.8 Å². The van der Waals surface area contributed by atoms with E-state index < -0.39 is 0 Å². The van der Waals surface area contributed by atoms with E-state index in [0.717, 1.165) is 70.9 Å². The maximum Gasteiger partial charge on any atom is 0.226 e. The number of rotatable bonds is 7. The Morgan fingerprint density at radius 3 is 2.73 bits per heavy atom. The molecule has 0 aliphatic carbocycles. The molecule has 7 nitrogen and oxygen atoms in total. The number of ether oxygens (including phenoxy) is 1. The van der Waals surface area contributed by atoms with Crippen molar-refractivity contribution >= 4 is 5.91 Å². The highest BCUT2D eigenvalue weighted by Gasteiger charge is 2.28. The molecule has 7 heteroatoms. The monoisotopic (exact) mass is 453 g/mol. The summed E-state index contributed by atoms with van der Waals surface area (Å²) in [6, 6.07) is 6.63. The van der Waals surface area contributed by atoms with Crippen molar-refractivity contribution in [2.24, 2.45) is 13.0 Å². The summed E-state index contributed by atoms with van der Waals surface area (Å²) in [5.74, 6) is 1.44. The van der Waals surface area contributed by atoms with Crippen molar-refractivity contribution in [2.45, 2.75) is 53.2 Å². The lowest BCUT2D eigenvalue weighted by atomic mass is 9.95. The molecule has 180 valence electrons. The zero-order valence-electron chi connectivity index (χ0n) is 20.7. The lowest BCUT2D eigenvalue weighted by Gasteiger charge is -2.34. The number of fused-ring (bicyclic) bond motifs is 1. The number of piperidine rings is 1. The Balaban J connectivity index is 1.41. The molecule has 1 aromatic carbocycles. The molecule has 0 unspecified atom stereocenters. The van der Waals surface area contributed by atoms with Crippen LogP contribution >= 0.6 is 0 Å². The molecule has 33 heavy (non-hydrogen) atoms. The minimum Gasteiger partial charge on any atom is -0.492 e. The van der Waals surface area contributed by atoms with E-state index in [9.17, 15) is 4.79 Å². The molecule has 0 N–H and O–H groups in total. The van der Waals surface area contributed by atoms with Crippen molar-refractivity contribution < 1.29 is 9.53 Å². The second-order valence-electron chi connectivity index (χ2n) is 9.46. The highest BCUT2D eigenvalue weighted by Crippen LogP contribution is 2.27. The van der Waals surface area contributed by atoms with Crippen molar-refractivity contribution in [1.29, 1.82) is 0 Å². The van der Waals surface area contributed by atoms with Gasteiger partial charge in [-0.1, -0.05) is 6.07 Å². The molecular weight excluding hydrogens is 414 g/mol. The fourth-order valence-corrected chi connectivity index (χ4v) is 5.13. The zero-order chi connectivity index (χ0) is 23.4. The molecule has 0 radical (unpaired) electrons. The molecule has 0 bridgehead atoms. The first-order valence-corrected chi connectivity index (χ1v) is 12.4. The van der Waals surface area contributed by atoms with Gasteiger partial charge < -0.3 is 9.64 Å². The van der Waals surface area contributed by atoms with E-state index >= 15 is 0 Å². The van der Waals surface area contributed by atoms with Crippen LogP contribution < -0.4 is 4.74 Å². The molecule has 0 saturated carbocycles. The van der Waals surface area contributed by atoms with E-state index in [4.69, 9.17) is 4.74 Å². The normalized spacial score (nSPS) is 19.6. The van der Waals surface area contributed by atoms with E-state index in [1.165, 1.54) is 22.4 Å². The lowest BCUT2D eigenvalue weighted by molar-refractivity contribution is -0.137. The summed E-state index contributed by atoms with van der Waals surface area (Å²) in [6.45, 7) is 14.0. The average molecular weight is 454 g/mol. The average Bonchev–Trinajstić information content (AvgIpc) is 3.01. The summed E-state index contributed by atoms with van der Waals surface area (Å²) in [5.41, 5.74) is 5.04. The third-order valence-corrected chi connectivity index (χ3v) is 7.25. The molecule has 4 rings (SSSR count). The van der Waals surface area contributed by atoms with Gasteiger partial charge in [0.15, 0.2) is 0 Å². The van der Waals surface area contributed by atoms with Crippen molar-refractivity contribution in [3.63, 3.8) is 0 Å². The Labute approximate surface area is 198 Å². The van der Waals surface area contributed by atoms with Gasteiger partial charge in [-0.15, -0.1) is 0 Å². The van der Waals surface area contributed by atoms with Crippen molar-refractivity contribution in [1.82, 2.24) is 24.5 Å². The van der Waals surface area contributed by atoms with Crippen LogP contribution in [0.2, 0.25) is 0 Å². The lowest BCUT2D eigenvalue weighted by Crippen LogP contribution is -2.44. The van der Waals surface area contributed by atoms with Gasteiger partial charge in [0.1, 0.15) is 12.4 Å². The number of aromatic nitrogens is 2. The summed E-state index contributed by atoms with van der Waals surface area (Å²) in [4.78, 5) is 19.7. The van der Waals surface area contributed by atoms with Crippen LogP contribution in [0, 0.1) is 12.8 Å². The topological polar surface area (TPSA) is 53.8 Å². The van der Waals surface area contributed by atoms with Gasteiger partial charge in [0.25, 0.3) is 0 Å². The van der Waals surface area contributed by atoms with Gasteiger partial charge in [0, 0.05) is 69.7 Å². The van der Waals surface area contributed by atoms with Gasteiger partial charge >= 0.3 is 0 Å². The maximum absolute atomic E-state index is 12.9. The first kappa shape index (κ1) is 23.8. The summed E-state index contributed by atoms with van der Waals surface area (Å²) in [6.07, 6.45) is 4.07. The first-order valence-electron chi connectivity index (χ1n) is 12.4. The van der Waals surface area contributed by atoms with Gasteiger partial charge in [0.05, 0.1) is 12.1 Å². The first-order chi connectivity index (χ1) is 16.0. The predicted molar refractivity (Wildman–Crippen MR) is 130 cm³/mol. The van der Waals surface area contributed by atoms with Crippen LogP contribution in [-0.4, -0.2) is 69.7 Å². The number of amides is 1. The molecule has 3 heterocycles. The number of nitrogens with zero attached hydrogens (tertiary/aromatic N) is 5. The van der Waals surface area contributed by atoms with Gasteiger partial charge in [-0.25, -0.2) is 0 Å². The largest absolute Gasteiger partial charge is 0.492 e. The van der Waals surface area contributed by atoms with E-state index in [1.54, 1.807) is 0 Å². The van der Waals surface area contributed by atoms with Crippen LogP contribution in [0.25, 0.3) is 0 Å². The molecule has 2 aliphatic rings. The zero-order valence-corrected chi connectivity index (χ0v) is 20.7. The molecule has 1 amide bonds. The second kappa shape index (κ2) is 10.7. The fraction of sp³-hybridized carbons (Fsp3) is 0.615. The smallest absolute Gasteiger partial charge is 0.226 e. The number of benzene rings is 1. The minimum absolute atomic E-state index is 0.126. The Morgan fingerprint density at radius 2 is 2.00 bits per heavy atom. The molecule has 1 atom stereocenters. The van der Waals surface area contributed by atoms with E-state index in [0.29, 0.717) is 12.5 Å². The maximum atomic E-state index is 12.9. The van der Waals surface area contributed by atoms with Crippen LogP contribution in [0.3, 0.4) is 0 Å². The number of hydrogen-bond acceptors (Lipinski definition) is 5. The summed E-state index contributed by atoms with van der Waals surface area (Å²) < 4.78 is 8.01. The molecule has 1 saturated heterocycles. The number of likely N-dealkylation sites (tertiary alicyclic amines) is 1. The molecule has 2 aliphatic heterocycles. The Bertz CT molecular complexity index is 952. The molecule has 1 aromatic heterocycles. The predicted octanol–water partition coefficient (Wildman–Crippen LogP) is 3.20. The van der Waals surface area contributed by atoms with E-state index in [1.807, 2.05) is 22.8 Å². The van der Waals surface area contributed by atoms with Crippen LogP contribution in [-0.2, 0) is 31.5 Å². The highest BCUT2D eigenvalue weighted by molar-refractivity contribution is 5.79. The molecule has 1 fully saturated rings. The van der Waals surface area contributed by atoms with Gasteiger partial charge in [-0.05, 0) is 57.9 Å². The Morgan fingerprint density at radius 1 is 1.18 bits per heavy atom. The highest BCUT2D eigenvalue weighted by atomic mass is 16.5. The summed E-state index contributed by atoms with van der Waals surface area (Å²) in [7, 11) is 1.99. The van der Waals surface area contributed by atoms with E-state index in [-0.39, 0.29) is 5.92 Å². The van der Waals surface area contributed by atoms with Gasteiger partial charge in [0.2, 0.25) is 5.91 Å². The summed E-state index contributed by atoms with van der Waals surface area (Å²) >= 11 is 0. The minimum atomic E-state index is 0.126.